The normalized spacial score (nSPS) is 28.2. The Morgan fingerprint density at radius 3 is 2.65 bits per heavy atom. The molecule has 0 bridgehead atoms. The number of nitrogens with zero attached hydrogens (tertiary/aromatic N) is 1. The molecule has 2 N–H and O–H groups in total. The SMILES string of the molecule is CC1=N[NH+]([C@H]2CCS(=O)(=O)C2)C(=O)/C1=C/Nc1ccc(Cl)cc1. The number of quaternary nitrogens is 1. The largest absolute Gasteiger partial charge is 0.374 e. The van der Waals surface area contributed by atoms with E-state index in [0.29, 0.717) is 27.7 Å². The van der Waals surface area contributed by atoms with Crippen molar-refractivity contribution in [1.82, 2.24) is 0 Å². The molecule has 0 radical (unpaired) electrons. The number of carbonyl (C=O) groups excluding carboxylic acids is 1. The third kappa shape index (κ3) is 3.46. The van der Waals surface area contributed by atoms with Gasteiger partial charge >= 0.3 is 5.91 Å². The summed E-state index contributed by atoms with van der Waals surface area (Å²) in [5, 5.41) is 8.37. The zero-order chi connectivity index (χ0) is 16.6. The average molecular weight is 355 g/mol. The van der Waals surface area contributed by atoms with E-state index >= 15 is 0 Å². The Morgan fingerprint density at radius 2 is 2.04 bits per heavy atom. The van der Waals surface area contributed by atoms with Crippen LogP contribution in [0.1, 0.15) is 13.3 Å². The second-order valence-electron chi connectivity index (χ2n) is 5.72. The van der Waals surface area contributed by atoms with E-state index < -0.39 is 9.84 Å². The van der Waals surface area contributed by atoms with Crippen LogP contribution in [0.25, 0.3) is 0 Å². The summed E-state index contributed by atoms with van der Waals surface area (Å²) in [6, 6.07) is 6.82. The van der Waals surface area contributed by atoms with Gasteiger partial charge in [0.05, 0.1) is 5.75 Å². The van der Waals surface area contributed by atoms with E-state index in [9.17, 15) is 13.2 Å². The molecule has 6 nitrogen and oxygen atoms in total. The molecule has 1 aromatic carbocycles. The molecule has 1 amide bonds. The van der Waals surface area contributed by atoms with E-state index in [1.807, 2.05) is 0 Å². The lowest BCUT2D eigenvalue weighted by molar-refractivity contribution is -0.846. The molecule has 1 unspecified atom stereocenters. The lowest BCUT2D eigenvalue weighted by atomic mass is 10.1. The van der Waals surface area contributed by atoms with E-state index in [0.717, 1.165) is 5.69 Å². The Hall–Kier alpha value is -1.70. The van der Waals surface area contributed by atoms with Gasteiger partial charge in [-0.1, -0.05) is 16.7 Å². The van der Waals surface area contributed by atoms with Gasteiger partial charge in [-0.15, -0.1) is 5.01 Å². The maximum absolute atomic E-state index is 12.5. The van der Waals surface area contributed by atoms with Crippen molar-refractivity contribution < 1.29 is 18.2 Å². The molecule has 122 valence electrons. The number of carbonyl (C=O) groups is 1. The Balaban J connectivity index is 1.75. The quantitative estimate of drug-likeness (QED) is 0.780. The van der Waals surface area contributed by atoms with Crippen molar-refractivity contribution >= 4 is 38.7 Å². The predicted molar refractivity (Wildman–Crippen MR) is 89.3 cm³/mol. The van der Waals surface area contributed by atoms with E-state index in [1.54, 1.807) is 37.4 Å². The van der Waals surface area contributed by atoms with Crippen molar-refractivity contribution in [2.45, 2.75) is 19.4 Å². The summed E-state index contributed by atoms with van der Waals surface area (Å²) in [6.07, 6.45) is 2.08. The van der Waals surface area contributed by atoms with Gasteiger partial charge in [0.15, 0.2) is 9.84 Å². The summed E-state index contributed by atoms with van der Waals surface area (Å²) < 4.78 is 23.2. The lowest BCUT2D eigenvalue weighted by Crippen LogP contribution is -3.13. The molecule has 2 aliphatic rings. The van der Waals surface area contributed by atoms with Crippen LogP contribution in [-0.4, -0.2) is 37.6 Å². The number of amides is 1. The van der Waals surface area contributed by atoms with Crippen LogP contribution in [0.5, 0.6) is 0 Å². The third-order valence-electron chi connectivity index (χ3n) is 4.00. The monoisotopic (exact) mass is 354 g/mol. The molecule has 23 heavy (non-hydrogen) atoms. The Bertz CT molecular complexity index is 800. The van der Waals surface area contributed by atoms with E-state index in [2.05, 4.69) is 10.4 Å². The number of anilines is 1. The smallest absolute Gasteiger partial charge is 0.361 e. The zero-order valence-corrected chi connectivity index (χ0v) is 14.1. The molecule has 1 fully saturated rings. The summed E-state index contributed by atoms with van der Waals surface area (Å²) in [7, 11) is -3.04. The standard InChI is InChI=1S/C15H16ClN3O3S/c1-10-14(8-17-12-4-2-11(16)3-5-12)15(20)19(18-10)13-6-7-23(21,22)9-13/h2-5,8,13,17H,6-7,9H2,1H3/p+1/b14-8+/t13-/m0/s1. The van der Waals surface area contributed by atoms with Crippen molar-refractivity contribution in [2.24, 2.45) is 5.10 Å². The first kappa shape index (κ1) is 16.2. The predicted octanol–water partition coefficient (Wildman–Crippen LogP) is 0.624. The van der Waals surface area contributed by atoms with Gasteiger partial charge in [-0.3, -0.25) is 0 Å². The van der Waals surface area contributed by atoms with Gasteiger partial charge in [-0.2, -0.15) is 0 Å². The molecule has 1 aromatic rings. The number of benzene rings is 1. The molecule has 2 aliphatic heterocycles. The minimum atomic E-state index is -3.04. The maximum atomic E-state index is 12.5. The minimum Gasteiger partial charge on any atom is -0.361 e. The topological polar surface area (TPSA) is 80.0 Å². The van der Waals surface area contributed by atoms with Crippen molar-refractivity contribution in [1.29, 1.82) is 0 Å². The van der Waals surface area contributed by atoms with E-state index in [-0.39, 0.29) is 23.5 Å². The molecular weight excluding hydrogens is 338 g/mol. The molecular formula is C15H17ClN3O3S+. The molecule has 2 heterocycles. The van der Waals surface area contributed by atoms with E-state index in [4.69, 9.17) is 11.6 Å². The molecule has 8 heteroatoms. The molecule has 1 saturated heterocycles. The van der Waals surface area contributed by atoms with Crippen LogP contribution in [0.2, 0.25) is 5.02 Å². The van der Waals surface area contributed by atoms with Crippen LogP contribution in [0, 0.1) is 0 Å². The molecule has 3 rings (SSSR count). The Labute approximate surface area is 139 Å². The lowest BCUT2D eigenvalue weighted by Gasteiger charge is -2.11. The highest BCUT2D eigenvalue weighted by atomic mass is 35.5. The first-order valence-electron chi connectivity index (χ1n) is 7.25. The molecule has 0 aromatic heterocycles. The molecule has 2 atom stereocenters. The highest BCUT2D eigenvalue weighted by Crippen LogP contribution is 2.15. The fraction of sp³-hybridized carbons (Fsp3) is 0.333. The zero-order valence-electron chi connectivity index (χ0n) is 12.5. The van der Waals surface area contributed by atoms with Crippen LogP contribution in [0.3, 0.4) is 0 Å². The van der Waals surface area contributed by atoms with Crippen LogP contribution >= 0.6 is 11.6 Å². The molecule has 0 saturated carbocycles. The number of rotatable bonds is 3. The van der Waals surface area contributed by atoms with Crippen molar-refractivity contribution in [2.75, 3.05) is 16.8 Å². The Kier molecular flexibility index (Phi) is 4.27. The summed E-state index contributed by atoms with van der Waals surface area (Å²) in [5.74, 6) is -0.0422. The average Bonchev–Trinajstić information content (AvgIpc) is 2.99. The van der Waals surface area contributed by atoms with Gasteiger partial charge in [0.25, 0.3) is 0 Å². The number of hydrogen-bond donors (Lipinski definition) is 2. The minimum absolute atomic E-state index is 0.0166. The maximum Gasteiger partial charge on any atom is 0.374 e. The molecule has 0 aliphatic carbocycles. The summed E-state index contributed by atoms with van der Waals surface area (Å²) in [4.78, 5) is 12.5. The second kappa shape index (κ2) is 6.07. The van der Waals surface area contributed by atoms with Crippen LogP contribution in [-0.2, 0) is 14.6 Å². The highest BCUT2D eigenvalue weighted by Gasteiger charge is 2.44. The number of halogens is 1. The number of nitrogens with one attached hydrogen (secondary N) is 2. The second-order valence-corrected chi connectivity index (χ2v) is 8.39. The molecule has 0 spiro atoms. The highest BCUT2D eigenvalue weighted by molar-refractivity contribution is 7.91. The number of sulfone groups is 1. The number of hydrogen-bond acceptors (Lipinski definition) is 5. The van der Waals surface area contributed by atoms with Gasteiger partial charge in [0.2, 0.25) is 0 Å². The fourth-order valence-corrected chi connectivity index (χ4v) is 4.63. The van der Waals surface area contributed by atoms with Gasteiger partial charge in [-0.25, -0.2) is 13.2 Å². The van der Waals surface area contributed by atoms with Crippen molar-refractivity contribution in [3.05, 3.63) is 41.1 Å². The van der Waals surface area contributed by atoms with Crippen LogP contribution in [0.15, 0.2) is 41.1 Å². The van der Waals surface area contributed by atoms with Gasteiger partial charge in [0.1, 0.15) is 23.1 Å². The van der Waals surface area contributed by atoms with Crippen molar-refractivity contribution in [3.8, 4) is 0 Å². The summed E-state index contributed by atoms with van der Waals surface area (Å²) in [6.45, 7) is 1.75. The summed E-state index contributed by atoms with van der Waals surface area (Å²) in [5.41, 5.74) is 1.88. The van der Waals surface area contributed by atoms with Crippen molar-refractivity contribution in [3.63, 3.8) is 0 Å². The first-order chi connectivity index (χ1) is 10.9. The third-order valence-corrected chi connectivity index (χ3v) is 6.02. The van der Waals surface area contributed by atoms with Crippen LogP contribution in [0.4, 0.5) is 5.69 Å². The van der Waals surface area contributed by atoms with Crippen LogP contribution < -0.4 is 10.3 Å². The van der Waals surface area contributed by atoms with Gasteiger partial charge < -0.3 is 5.32 Å². The summed E-state index contributed by atoms with van der Waals surface area (Å²) >= 11 is 5.83. The first-order valence-corrected chi connectivity index (χ1v) is 9.45. The fourth-order valence-electron chi connectivity index (χ4n) is 2.75. The Morgan fingerprint density at radius 1 is 1.35 bits per heavy atom. The van der Waals surface area contributed by atoms with Gasteiger partial charge in [0, 0.05) is 23.3 Å². The van der Waals surface area contributed by atoms with E-state index in [1.165, 1.54) is 0 Å². The van der Waals surface area contributed by atoms with Gasteiger partial charge in [-0.05, 0) is 31.2 Å².